The van der Waals surface area contributed by atoms with Gasteiger partial charge in [-0.3, -0.25) is 0 Å². The molecule has 0 bridgehead atoms. The second-order valence-electron chi connectivity index (χ2n) is 3.44. The van der Waals surface area contributed by atoms with Gasteiger partial charge in [-0.05, 0) is 25.1 Å². The number of nitrogens with zero attached hydrogens (tertiary/aromatic N) is 3. The average Bonchev–Trinajstić information content (AvgIpc) is 2.79. The Bertz CT molecular complexity index is 423. The van der Waals surface area contributed by atoms with E-state index in [1.807, 2.05) is 30.3 Å². The lowest BCUT2D eigenvalue weighted by Gasteiger charge is -2.07. The van der Waals surface area contributed by atoms with E-state index in [0.717, 1.165) is 24.5 Å². The smallest absolute Gasteiger partial charge is 0.150 e. The zero-order valence-corrected chi connectivity index (χ0v) is 9.00. The number of anilines is 1. The molecule has 1 aromatic heterocycles. The van der Waals surface area contributed by atoms with E-state index in [1.165, 1.54) is 0 Å². The molecule has 2 rings (SSSR count). The summed E-state index contributed by atoms with van der Waals surface area (Å²) in [5.74, 6) is 0.889. The molecule has 1 heterocycles. The number of aromatic nitrogens is 3. The van der Waals surface area contributed by atoms with Gasteiger partial charge in [-0.15, -0.1) is 5.10 Å². The van der Waals surface area contributed by atoms with Crippen LogP contribution in [-0.2, 0) is 0 Å². The van der Waals surface area contributed by atoms with E-state index >= 15 is 0 Å². The normalized spacial score (nSPS) is 10.3. The Labute approximate surface area is 94.3 Å². The highest BCUT2D eigenvalue weighted by Gasteiger charge is 2.03. The predicted molar refractivity (Wildman–Crippen MR) is 63.5 cm³/mol. The zero-order chi connectivity index (χ0) is 11.2. The predicted octanol–water partition coefficient (Wildman–Crippen LogP) is 1.03. The summed E-state index contributed by atoms with van der Waals surface area (Å²) in [7, 11) is 0. The number of hydrogen-bond acceptors (Lipinski definition) is 4. The van der Waals surface area contributed by atoms with Gasteiger partial charge in [0, 0.05) is 6.54 Å². The van der Waals surface area contributed by atoms with E-state index in [9.17, 15) is 0 Å². The summed E-state index contributed by atoms with van der Waals surface area (Å²) in [6.45, 7) is 1.51. The van der Waals surface area contributed by atoms with Crippen LogP contribution in [0.4, 0.5) is 5.82 Å². The van der Waals surface area contributed by atoms with Crippen LogP contribution in [0.5, 0.6) is 0 Å². The minimum Gasteiger partial charge on any atom is -0.369 e. The lowest BCUT2D eigenvalue weighted by Crippen LogP contribution is -2.11. The fraction of sp³-hybridized carbons (Fsp3) is 0.273. The molecular weight excluding hydrogens is 202 g/mol. The van der Waals surface area contributed by atoms with E-state index in [4.69, 9.17) is 5.73 Å². The molecular formula is C11H15N5. The molecule has 3 N–H and O–H groups in total. The summed E-state index contributed by atoms with van der Waals surface area (Å²) in [5.41, 5.74) is 6.43. The number of hydrogen-bond donors (Lipinski definition) is 2. The van der Waals surface area contributed by atoms with Gasteiger partial charge in [0.1, 0.15) is 5.82 Å². The maximum Gasteiger partial charge on any atom is 0.150 e. The van der Waals surface area contributed by atoms with Crippen molar-refractivity contribution in [2.45, 2.75) is 6.42 Å². The molecule has 0 aliphatic rings. The molecule has 2 aromatic rings. The maximum atomic E-state index is 5.44. The quantitative estimate of drug-likeness (QED) is 0.734. The second kappa shape index (κ2) is 5.27. The van der Waals surface area contributed by atoms with E-state index in [2.05, 4.69) is 15.6 Å². The topological polar surface area (TPSA) is 68.8 Å². The highest BCUT2D eigenvalue weighted by molar-refractivity contribution is 5.42. The molecule has 0 spiro atoms. The highest BCUT2D eigenvalue weighted by Crippen LogP contribution is 2.12. The van der Waals surface area contributed by atoms with Gasteiger partial charge in [-0.1, -0.05) is 23.4 Å². The minimum absolute atomic E-state index is 0.680. The first-order valence-corrected chi connectivity index (χ1v) is 5.32. The van der Waals surface area contributed by atoms with E-state index < -0.39 is 0 Å². The molecule has 0 fully saturated rings. The van der Waals surface area contributed by atoms with Gasteiger partial charge in [0.25, 0.3) is 0 Å². The molecule has 0 saturated carbocycles. The maximum absolute atomic E-state index is 5.44. The fourth-order valence-electron chi connectivity index (χ4n) is 1.43. The van der Waals surface area contributed by atoms with Crippen molar-refractivity contribution in [3.63, 3.8) is 0 Å². The van der Waals surface area contributed by atoms with Crippen molar-refractivity contribution in [3.05, 3.63) is 36.5 Å². The molecule has 0 unspecified atom stereocenters. The first-order chi connectivity index (χ1) is 7.92. The lowest BCUT2D eigenvalue weighted by atomic mass is 10.3. The van der Waals surface area contributed by atoms with Crippen molar-refractivity contribution < 1.29 is 0 Å². The number of rotatable bonds is 5. The molecule has 0 aliphatic carbocycles. The van der Waals surface area contributed by atoms with E-state index in [-0.39, 0.29) is 0 Å². The number of benzene rings is 1. The van der Waals surface area contributed by atoms with E-state index in [0.29, 0.717) is 6.54 Å². The molecule has 1 aromatic carbocycles. The Kier molecular flexibility index (Phi) is 3.50. The summed E-state index contributed by atoms with van der Waals surface area (Å²) < 4.78 is 1.77. The van der Waals surface area contributed by atoms with Crippen molar-refractivity contribution in [1.82, 2.24) is 15.0 Å². The van der Waals surface area contributed by atoms with Crippen molar-refractivity contribution in [2.24, 2.45) is 5.73 Å². The second-order valence-corrected chi connectivity index (χ2v) is 3.44. The van der Waals surface area contributed by atoms with Crippen LogP contribution in [0.15, 0.2) is 36.5 Å². The van der Waals surface area contributed by atoms with Gasteiger partial charge in [0.15, 0.2) is 0 Å². The molecule has 84 valence electrons. The number of nitrogens with one attached hydrogen (secondary N) is 1. The van der Waals surface area contributed by atoms with Crippen LogP contribution in [0, 0.1) is 0 Å². The third-order valence-corrected chi connectivity index (χ3v) is 2.24. The summed E-state index contributed by atoms with van der Waals surface area (Å²) >= 11 is 0. The Morgan fingerprint density at radius 2 is 2.06 bits per heavy atom. The SMILES string of the molecule is NCCCNc1cnnn1-c1ccccc1. The van der Waals surface area contributed by atoms with Gasteiger partial charge < -0.3 is 11.1 Å². The molecule has 5 heteroatoms. The van der Waals surface area contributed by atoms with Crippen LogP contribution < -0.4 is 11.1 Å². The molecule has 0 amide bonds. The standard InChI is InChI=1S/C11H15N5/c12-7-4-8-13-11-9-14-15-16(11)10-5-2-1-3-6-10/h1-3,5-6,9,13H,4,7-8,12H2. The molecule has 0 radical (unpaired) electrons. The minimum atomic E-state index is 0.680. The summed E-state index contributed by atoms with van der Waals surface area (Å²) in [6.07, 6.45) is 2.64. The van der Waals surface area contributed by atoms with Crippen LogP contribution in [0.1, 0.15) is 6.42 Å². The molecule has 0 saturated heterocycles. The van der Waals surface area contributed by atoms with Gasteiger partial charge in [0.05, 0.1) is 11.9 Å². The van der Waals surface area contributed by atoms with Crippen LogP contribution in [0.25, 0.3) is 5.69 Å². The number of para-hydroxylation sites is 1. The Morgan fingerprint density at radius 3 is 2.81 bits per heavy atom. The monoisotopic (exact) mass is 217 g/mol. The average molecular weight is 217 g/mol. The Hall–Kier alpha value is -1.88. The fourth-order valence-corrected chi connectivity index (χ4v) is 1.43. The summed E-state index contributed by atoms with van der Waals surface area (Å²) in [4.78, 5) is 0. The summed E-state index contributed by atoms with van der Waals surface area (Å²) in [5, 5.41) is 11.2. The van der Waals surface area contributed by atoms with Gasteiger partial charge in [0.2, 0.25) is 0 Å². The Morgan fingerprint density at radius 1 is 1.25 bits per heavy atom. The van der Waals surface area contributed by atoms with Gasteiger partial charge >= 0.3 is 0 Å². The lowest BCUT2D eigenvalue weighted by molar-refractivity contribution is 0.795. The zero-order valence-electron chi connectivity index (χ0n) is 9.00. The van der Waals surface area contributed by atoms with Gasteiger partial charge in [-0.25, -0.2) is 0 Å². The van der Waals surface area contributed by atoms with Crippen molar-refractivity contribution >= 4 is 5.82 Å². The largest absolute Gasteiger partial charge is 0.369 e. The van der Waals surface area contributed by atoms with Crippen LogP contribution in [0.3, 0.4) is 0 Å². The van der Waals surface area contributed by atoms with Crippen LogP contribution in [0.2, 0.25) is 0 Å². The van der Waals surface area contributed by atoms with Crippen LogP contribution in [-0.4, -0.2) is 28.1 Å². The van der Waals surface area contributed by atoms with Gasteiger partial charge in [-0.2, -0.15) is 4.68 Å². The van der Waals surface area contributed by atoms with Crippen molar-refractivity contribution in [1.29, 1.82) is 0 Å². The van der Waals surface area contributed by atoms with E-state index in [1.54, 1.807) is 10.9 Å². The summed E-state index contributed by atoms with van der Waals surface area (Å²) in [6, 6.07) is 9.90. The first kappa shape index (κ1) is 10.6. The van der Waals surface area contributed by atoms with Crippen LogP contribution >= 0.6 is 0 Å². The van der Waals surface area contributed by atoms with Crippen molar-refractivity contribution in [2.75, 3.05) is 18.4 Å². The third-order valence-electron chi connectivity index (χ3n) is 2.24. The molecule has 0 aliphatic heterocycles. The Balaban J connectivity index is 2.13. The molecule has 5 nitrogen and oxygen atoms in total. The number of nitrogens with two attached hydrogens (primary N) is 1. The molecule has 16 heavy (non-hydrogen) atoms. The first-order valence-electron chi connectivity index (χ1n) is 5.32. The molecule has 0 atom stereocenters. The van der Waals surface area contributed by atoms with Crippen molar-refractivity contribution in [3.8, 4) is 5.69 Å². The third kappa shape index (κ3) is 2.38. The highest BCUT2D eigenvalue weighted by atomic mass is 15.5.